The topological polar surface area (TPSA) is 53.4 Å². The molecule has 3 rings (SSSR count). The zero-order valence-electron chi connectivity index (χ0n) is 17.3. The molecule has 1 aromatic heterocycles. The summed E-state index contributed by atoms with van der Waals surface area (Å²) in [5.74, 6) is 0.922. The zero-order chi connectivity index (χ0) is 22.6. The minimum absolute atomic E-state index is 0.160. The second-order valence-electron chi connectivity index (χ2n) is 7.66. The van der Waals surface area contributed by atoms with Crippen molar-refractivity contribution in [1.82, 2.24) is 19.6 Å². The predicted octanol–water partition coefficient (Wildman–Crippen LogP) is 5.06. The maximum atomic E-state index is 13.3. The first-order chi connectivity index (χ1) is 14.7. The van der Waals surface area contributed by atoms with E-state index in [0.29, 0.717) is 31.4 Å². The average molecular weight is 476 g/mol. The van der Waals surface area contributed by atoms with Crippen molar-refractivity contribution in [2.45, 2.75) is 25.6 Å². The molecule has 1 amide bonds. The average Bonchev–Trinajstić information content (AvgIpc) is 3.16. The number of amides is 1. The predicted molar refractivity (Wildman–Crippen MR) is 117 cm³/mol. The summed E-state index contributed by atoms with van der Waals surface area (Å²) in [5.41, 5.74) is -0.484. The minimum Gasteiger partial charge on any atom is -0.323 e. The van der Waals surface area contributed by atoms with Gasteiger partial charge >= 0.3 is 12.2 Å². The van der Waals surface area contributed by atoms with Crippen LogP contribution in [0, 0.1) is 5.92 Å². The fourth-order valence-corrected chi connectivity index (χ4v) is 4.32. The van der Waals surface area contributed by atoms with Gasteiger partial charge in [0.15, 0.2) is 5.82 Å². The fraction of sp³-hybridized carbons (Fsp3) is 0.500. The van der Waals surface area contributed by atoms with E-state index in [0.717, 1.165) is 18.9 Å². The van der Waals surface area contributed by atoms with Gasteiger partial charge in [-0.25, -0.2) is 4.79 Å². The Morgan fingerprint density at radius 3 is 2.68 bits per heavy atom. The summed E-state index contributed by atoms with van der Waals surface area (Å²) in [6.07, 6.45) is 0.664. The number of likely N-dealkylation sites (tertiary alicyclic amines) is 1. The normalized spacial score (nSPS) is 15.5. The molecule has 31 heavy (non-hydrogen) atoms. The zero-order valence-corrected chi connectivity index (χ0v) is 18.9. The fourth-order valence-electron chi connectivity index (χ4n) is 3.81. The van der Waals surface area contributed by atoms with Crippen LogP contribution >= 0.6 is 23.5 Å². The third-order valence-corrected chi connectivity index (χ3v) is 5.91. The summed E-state index contributed by atoms with van der Waals surface area (Å²) in [7, 11) is 1.81. The number of piperidine rings is 1. The Labute approximate surface area is 188 Å². The molecule has 1 saturated heterocycles. The van der Waals surface area contributed by atoms with Crippen LogP contribution in [0.15, 0.2) is 30.5 Å². The number of benzene rings is 1. The van der Waals surface area contributed by atoms with E-state index >= 15 is 0 Å². The van der Waals surface area contributed by atoms with Gasteiger partial charge in [-0.2, -0.15) is 17.9 Å². The quantitative estimate of drug-likeness (QED) is 0.592. The van der Waals surface area contributed by atoms with Crippen LogP contribution in [0.5, 0.6) is 0 Å². The Bertz CT molecular complexity index is 899. The molecule has 170 valence electrons. The van der Waals surface area contributed by atoms with E-state index in [2.05, 4.69) is 9.82 Å². The van der Waals surface area contributed by atoms with Gasteiger partial charge in [0.05, 0.1) is 5.56 Å². The second-order valence-corrected chi connectivity index (χ2v) is 8.71. The number of hydrogen-bond donors (Lipinski definition) is 1. The summed E-state index contributed by atoms with van der Waals surface area (Å²) in [5, 5.41) is 4.50. The van der Waals surface area contributed by atoms with E-state index in [1.165, 1.54) is 28.8 Å². The molecular formula is C20H25ClF3N5OS. The van der Waals surface area contributed by atoms with Crippen LogP contribution in [0.3, 0.4) is 0 Å². The molecule has 0 aliphatic carbocycles. The summed E-state index contributed by atoms with van der Waals surface area (Å²) in [6.45, 7) is 1.99. The van der Waals surface area contributed by atoms with Gasteiger partial charge in [-0.3, -0.25) is 0 Å². The highest BCUT2D eigenvalue weighted by atomic mass is 35.5. The molecule has 1 aliphatic heterocycles. The second kappa shape index (κ2) is 10.1. The largest absolute Gasteiger partial charge is 0.416 e. The molecule has 6 nitrogen and oxygen atoms in total. The van der Waals surface area contributed by atoms with Crippen molar-refractivity contribution < 1.29 is 18.0 Å². The van der Waals surface area contributed by atoms with Gasteiger partial charge in [0.2, 0.25) is 0 Å². The van der Waals surface area contributed by atoms with Crippen LogP contribution in [0.1, 0.15) is 24.0 Å². The summed E-state index contributed by atoms with van der Waals surface area (Å²) < 4.78 is 44.1. The summed E-state index contributed by atoms with van der Waals surface area (Å²) in [6, 6.07) is 5.24. The monoisotopic (exact) mass is 475 g/mol. The van der Waals surface area contributed by atoms with Crippen molar-refractivity contribution in [3.8, 4) is 0 Å². The van der Waals surface area contributed by atoms with Crippen LogP contribution in [0.2, 0.25) is 5.02 Å². The number of nitrogens with zero attached hydrogens (tertiary/aromatic N) is 4. The molecule has 0 atom stereocenters. The Kier molecular flexibility index (Phi) is 7.77. The number of halogens is 4. The molecule has 1 aromatic carbocycles. The van der Waals surface area contributed by atoms with E-state index in [1.54, 1.807) is 17.2 Å². The van der Waals surface area contributed by atoms with Gasteiger partial charge in [0.25, 0.3) is 0 Å². The highest BCUT2D eigenvalue weighted by molar-refractivity contribution is 7.99. The Balaban J connectivity index is 1.53. The molecule has 0 saturated carbocycles. The molecule has 1 N–H and O–H groups in total. The van der Waals surface area contributed by atoms with Crippen molar-refractivity contribution in [2.24, 2.45) is 5.92 Å². The molecule has 0 bridgehead atoms. The van der Waals surface area contributed by atoms with Gasteiger partial charge in [0, 0.05) is 49.7 Å². The lowest BCUT2D eigenvalue weighted by molar-refractivity contribution is -0.138. The van der Waals surface area contributed by atoms with Crippen LogP contribution in [0.4, 0.5) is 23.8 Å². The number of hydrogen-bond acceptors (Lipinski definition) is 5. The number of aromatic nitrogens is 2. The van der Waals surface area contributed by atoms with Crippen molar-refractivity contribution in [3.05, 3.63) is 46.6 Å². The Morgan fingerprint density at radius 2 is 2.03 bits per heavy atom. The van der Waals surface area contributed by atoms with Gasteiger partial charge in [-0.15, -0.1) is 5.10 Å². The smallest absolute Gasteiger partial charge is 0.323 e. The standard InChI is InChI=1S/C20H25ClF3N5OS/c1-27(13-15-11-16(21)3-4-17(15)20(22,23)24)12-14-5-8-28(9-6-14)19(30)29-10-7-18(25-29)26-31-2/h3-4,7,10-11,14H,5-6,8-9,12-13H2,1-2H3,(H,25,26). The molecule has 2 heterocycles. The van der Waals surface area contributed by atoms with E-state index in [9.17, 15) is 18.0 Å². The molecule has 0 unspecified atom stereocenters. The molecule has 0 spiro atoms. The first kappa shape index (κ1) is 23.7. The number of carbonyl (C=O) groups excluding carboxylic acids is 1. The van der Waals surface area contributed by atoms with Gasteiger partial charge in [-0.05, 0) is 49.6 Å². The molecular weight excluding hydrogens is 451 g/mol. The van der Waals surface area contributed by atoms with Crippen molar-refractivity contribution in [3.63, 3.8) is 0 Å². The minimum atomic E-state index is -4.41. The first-order valence-corrected chi connectivity index (χ1v) is 11.5. The molecule has 2 aromatic rings. The number of carbonyl (C=O) groups is 1. The maximum absolute atomic E-state index is 13.3. The highest BCUT2D eigenvalue weighted by Crippen LogP contribution is 2.34. The summed E-state index contributed by atoms with van der Waals surface area (Å²) in [4.78, 5) is 16.3. The summed E-state index contributed by atoms with van der Waals surface area (Å²) >= 11 is 7.32. The number of anilines is 1. The van der Waals surface area contributed by atoms with E-state index in [4.69, 9.17) is 11.6 Å². The number of alkyl halides is 3. The maximum Gasteiger partial charge on any atom is 0.416 e. The Morgan fingerprint density at radius 1 is 1.32 bits per heavy atom. The lowest BCUT2D eigenvalue weighted by atomic mass is 9.96. The SMILES string of the molecule is CSNc1ccn(C(=O)N2CCC(CN(C)Cc3cc(Cl)ccc3C(F)(F)F)CC2)n1. The molecule has 1 aliphatic rings. The molecule has 0 radical (unpaired) electrons. The number of rotatable bonds is 6. The van der Waals surface area contributed by atoms with Crippen LogP contribution in [-0.4, -0.2) is 58.5 Å². The third kappa shape index (κ3) is 6.30. The molecule has 11 heteroatoms. The van der Waals surface area contributed by atoms with Gasteiger partial charge in [0.1, 0.15) is 0 Å². The van der Waals surface area contributed by atoms with Crippen molar-refractivity contribution in [1.29, 1.82) is 0 Å². The molecule has 1 fully saturated rings. The first-order valence-electron chi connectivity index (χ1n) is 9.85. The van der Waals surface area contributed by atoms with E-state index in [1.807, 2.05) is 18.2 Å². The van der Waals surface area contributed by atoms with Gasteiger partial charge in [-0.1, -0.05) is 23.5 Å². The number of nitrogens with one attached hydrogen (secondary N) is 1. The van der Waals surface area contributed by atoms with Crippen molar-refractivity contribution in [2.75, 3.05) is 37.7 Å². The third-order valence-electron chi connectivity index (χ3n) is 5.26. The Hall–Kier alpha value is -1.91. The van der Waals surface area contributed by atoms with E-state index in [-0.39, 0.29) is 23.2 Å². The lowest BCUT2D eigenvalue weighted by Crippen LogP contribution is -2.43. The lowest BCUT2D eigenvalue weighted by Gasteiger charge is -2.33. The van der Waals surface area contributed by atoms with Crippen LogP contribution < -0.4 is 4.72 Å². The van der Waals surface area contributed by atoms with E-state index < -0.39 is 11.7 Å². The highest BCUT2D eigenvalue weighted by Gasteiger charge is 2.33. The van der Waals surface area contributed by atoms with Crippen molar-refractivity contribution >= 4 is 35.4 Å². The van der Waals surface area contributed by atoms with Gasteiger partial charge < -0.3 is 14.5 Å². The van der Waals surface area contributed by atoms with Crippen LogP contribution in [-0.2, 0) is 12.7 Å². The van der Waals surface area contributed by atoms with Crippen LogP contribution in [0.25, 0.3) is 0 Å².